The monoisotopic (exact) mass is 182 g/mol. The van der Waals surface area contributed by atoms with Crippen molar-refractivity contribution in [2.75, 3.05) is 6.54 Å². The second-order valence-corrected chi connectivity index (χ2v) is 4.22. The Bertz CT molecular complexity index is 308. The van der Waals surface area contributed by atoms with Crippen LogP contribution in [-0.2, 0) is 17.8 Å². The van der Waals surface area contributed by atoms with Crippen molar-refractivity contribution in [3.63, 3.8) is 0 Å². The summed E-state index contributed by atoms with van der Waals surface area (Å²) in [6.07, 6.45) is 1.83. The van der Waals surface area contributed by atoms with Gasteiger partial charge in [0.25, 0.3) is 0 Å². The van der Waals surface area contributed by atoms with E-state index in [0.717, 1.165) is 30.9 Å². The summed E-state index contributed by atoms with van der Waals surface area (Å²) < 4.78 is 0. The SMILES string of the molecule is Cc1nc2c(s1)CN(C=O)CC2. The molecule has 0 aliphatic carbocycles. The summed E-state index contributed by atoms with van der Waals surface area (Å²) >= 11 is 1.70. The molecule has 0 fully saturated rings. The molecule has 0 atom stereocenters. The minimum absolute atomic E-state index is 0.754. The molecule has 1 amide bonds. The van der Waals surface area contributed by atoms with Crippen LogP contribution >= 0.6 is 11.3 Å². The number of rotatable bonds is 1. The third kappa shape index (κ3) is 1.22. The lowest BCUT2D eigenvalue weighted by atomic mass is 10.2. The molecule has 0 bridgehead atoms. The predicted molar refractivity (Wildman–Crippen MR) is 47.0 cm³/mol. The zero-order chi connectivity index (χ0) is 8.55. The van der Waals surface area contributed by atoms with Gasteiger partial charge in [0.1, 0.15) is 0 Å². The van der Waals surface area contributed by atoms with Crippen LogP contribution in [0.2, 0.25) is 0 Å². The zero-order valence-electron chi connectivity index (χ0n) is 6.91. The third-order valence-corrected chi connectivity index (χ3v) is 3.01. The van der Waals surface area contributed by atoms with E-state index in [1.54, 1.807) is 16.2 Å². The van der Waals surface area contributed by atoms with Gasteiger partial charge in [-0.2, -0.15) is 0 Å². The second-order valence-electron chi connectivity index (χ2n) is 2.93. The lowest BCUT2D eigenvalue weighted by Crippen LogP contribution is -2.28. The van der Waals surface area contributed by atoms with Crippen LogP contribution in [0.25, 0.3) is 0 Å². The number of amides is 1. The first-order chi connectivity index (χ1) is 5.79. The van der Waals surface area contributed by atoms with Gasteiger partial charge in [0.05, 0.1) is 17.2 Å². The molecule has 0 saturated heterocycles. The Morgan fingerprint density at radius 3 is 3.25 bits per heavy atom. The summed E-state index contributed by atoms with van der Waals surface area (Å²) in [5, 5.41) is 1.10. The summed E-state index contributed by atoms with van der Waals surface area (Å²) in [5.74, 6) is 0. The fourth-order valence-corrected chi connectivity index (χ4v) is 2.44. The first kappa shape index (κ1) is 7.73. The number of hydrogen-bond acceptors (Lipinski definition) is 3. The van der Waals surface area contributed by atoms with Gasteiger partial charge in [-0.05, 0) is 6.92 Å². The van der Waals surface area contributed by atoms with Gasteiger partial charge in [-0.25, -0.2) is 4.98 Å². The maximum atomic E-state index is 10.5. The highest BCUT2D eigenvalue weighted by Gasteiger charge is 2.17. The zero-order valence-corrected chi connectivity index (χ0v) is 7.73. The van der Waals surface area contributed by atoms with E-state index in [1.165, 1.54) is 10.6 Å². The summed E-state index contributed by atoms with van der Waals surface area (Å²) in [4.78, 5) is 17.9. The van der Waals surface area contributed by atoms with Crippen LogP contribution in [0, 0.1) is 6.92 Å². The van der Waals surface area contributed by atoms with Crippen molar-refractivity contribution in [2.24, 2.45) is 0 Å². The van der Waals surface area contributed by atoms with Gasteiger partial charge < -0.3 is 4.90 Å². The number of fused-ring (bicyclic) bond motifs is 1. The molecule has 0 N–H and O–H groups in total. The average Bonchev–Trinajstić information content (AvgIpc) is 2.43. The first-order valence-electron chi connectivity index (χ1n) is 3.94. The highest BCUT2D eigenvalue weighted by Crippen LogP contribution is 2.23. The van der Waals surface area contributed by atoms with E-state index in [2.05, 4.69) is 4.98 Å². The Morgan fingerprint density at radius 1 is 1.67 bits per heavy atom. The van der Waals surface area contributed by atoms with Gasteiger partial charge in [-0.3, -0.25) is 4.79 Å². The van der Waals surface area contributed by atoms with Crippen molar-refractivity contribution in [1.82, 2.24) is 9.88 Å². The highest BCUT2D eigenvalue weighted by atomic mass is 32.1. The van der Waals surface area contributed by atoms with Gasteiger partial charge in [-0.15, -0.1) is 11.3 Å². The van der Waals surface area contributed by atoms with Gasteiger partial charge >= 0.3 is 0 Å². The quantitative estimate of drug-likeness (QED) is 0.606. The molecule has 1 aromatic rings. The van der Waals surface area contributed by atoms with Crippen LogP contribution in [-0.4, -0.2) is 22.8 Å². The first-order valence-corrected chi connectivity index (χ1v) is 4.76. The number of carbonyl (C=O) groups is 1. The van der Waals surface area contributed by atoms with Gasteiger partial charge in [0, 0.05) is 17.8 Å². The number of aromatic nitrogens is 1. The Balaban J connectivity index is 2.28. The lowest BCUT2D eigenvalue weighted by Gasteiger charge is -2.21. The number of nitrogens with zero attached hydrogens (tertiary/aromatic N) is 2. The van der Waals surface area contributed by atoms with E-state index < -0.39 is 0 Å². The molecule has 3 nitrogen and oxygen atoms in total. The lowest BCUT2D eigenvalue weighted by molar-refractivity contribution is -0.118. The average molecular weight is 182 g/mol. The van der Waals surface area contributed by atoms with Crippen LogP contribution in [0.3, 0.4) is 0 Å². The fraction of sp³-hybridized carbons (Fsp3) is 0.500. The molecule has 0 radical (unpaired) electrons. The predicted octanol–water partition coefficient (Wildman–Crippen LogP) is 0.966. The smallest absolute Gasteiger partial charge is 0.210 e. The summed E-state index contributed by atoms with van der Waals surface area (Å²) in [5.41, 5.74) is 1.19. The molecular weight excluding hydrogens is 172 g/mol. The molecular formula is C8H10N2OS. The minimum Gasteiger partial charge on any atom is -0.340 e. The molecule has 2 heterocycles. The normalized spacial score (nSPS) is 15.9. The van der Waals surface area contributed by atoms with E-state index >= 15 is 0 Å². The van der Waals surface area contributed by atoms with Crippen molar-refractivity contribution >= 4 is 17.7 Å². The summed E-state index contributed by atoms with van der Waals surface area (Å²) in [6.45, 7) is 3.58. The Morgan fingerprint density at radius 2 is 2.50 bits per heavy atom. The van der Waals surface area contributed by atoms with Crippen LogP contribution in [0.15, 0.2) is 0 Å². The molecule has 2 rings (SSSR count). The number of hydrogen-bond donors (Lipinski definition) is 0. The summed E-state index contributed by atoms with van der Waals surface area (Å²) in [7, 11) is 0. The van der Waals surface area contributed by atoms with Gasteiger partial charge in [0.2, 0.25) is 6.41 Å². The largest absolute Gasteiger partial charge is 0.340 e. The van der Waals surface area contributed by atoms with Gasteiger partial charge in [-0.1, -0.05) is 0 Å². The molecule has 64 valence electrons. The minimum atomic E-state index is 0.754. The standard InChI is InChI=1S/C8H10N2OS/c1-6-9-7-2-3-10(5-11)4-8(7)12-6/h5H,2-4H2,1H3. The molecule has 0 saturated carbocycles. The van der Waals surface area contributed by atoms with Crippen molar-refractivity contribution in [3.05, 3.63) is 15.6 Å². The molecule has 12 heavy (non-hydrogen) atoms. The van der Waals surface area contributed by atoms with Crippen molar-refractivity contribution in [3.8, 4) is 0 Å². The Hall–Kier alpha value is -0.900. The van der Waals surface area contributed by atoms with Crippen LogP contribution < -0.4 is 0 Å². The topological polar surface area (TPSA) is 33.2 Å². The van der Waals surface area contributed by atoms with E-state index in [-0.39, 0.29) is 0 Å². The van der Waals surface area contributed by atoms with Crippen LogP contribution in [0.4, 0.5) is 0 Å². The van der Waals surface area contributed by atoms with Gasteiger partial charge in [0.15, 0.2) is 0 Å². The number of thiazole rings is 1. The van der Waals surface area contributed by atoms with Crippen molar-refractivity contribution in [2.45, 2.75) is 19.9 Å². The van der Waals surface area contributed by atoms with E-state index in [4.69, 9.17) is 0 Å². The van der Waals surface area contributed by atoms with Crippen molar-refractivity contribution in [1.29, 1.82) is 0 Å². The third-order valence-electron chi connectivity index (χ3n) is 2.02. The molecule has 4 heteroatoms. The van der Waals surface area contributed by atoms with E-state index in [9.17, 15) is 4.79 Å². The molecule has 0 spiro atoms. The second kappa shape index (κ2) is 2.86. The number of carbonyl (C=O) groups excluding carboxylic acids is 1. The van der Waals surface area contributed by atoms with Crippen molar-refractivity contribution < 1.29 is 4.79 Å². The van der Waals surface area contributed by atoms with E-state index in [1.807, 2.05) is 6.92 Å². The van der Waals surface area contributed by atoms with E-state index in [0.29, 0.717) is 0 Å². The fourth-order valence-electron chi connectivity index (χ4n) is 1.43. The molecule has 1 aliphatic heterocycles. The molecule has 0 aromatic carbocycles. The Kier molecular flexibility index (Phi) is 1.84. The maximum Gasteiger partial charge on any atom is 0.210 e. The molecule has 0 unspecified atom stereocenters. The maximum absolute atomic E-state index is 10.5. The molecule has 1 aromatic heterocycles. The summed E-state index contributed by atoms with van der Waals surface area (Å²) in [6, 6.07) is 0. The number of aryl methyl sites for hydroxylation is 1. The Labute approximate surface area is 75.0 Å². The highest BCUT2D eigenvalue weighted by molar-refractivity contribution is 7.11. The van der Waals surface area contributed by atoms with Crippen LogP contribution in [0.5, 0.6) is 0 Å². The van der Waals surface area contributed by atoms with Crippen LogP contribution in [0.1, 0.15) is 15.6 Å². The molecule has 1 aliphatic rings.